The molecule has 0 aromatic rings. The molecule has 0 spiro atoms. The Labute approximate surface area is 153 Å². The van der Waals surface area contributed by atoms with E-state index in [0.717, 1.165) is 6.42 Å². The van der Waals surface area contributed by atoms with Crippen molar-refractivity contribution in [3.8, 4) is 0 Å². The van der Waals surface area contributed by atoms with Crippen molar-refractivity contribution >= 4 is 0 Å². The highest BCUT2D eigenvalue weighted by Gasteiger charge is 2.37. The normalized spacial score (nSPS) is 27.2. The second-order valence-electron chi connectivity index (χ2n) is 7.05. The molecule has 1 aliphatic rings. The van der Waals surface area contributed by atoms with Gasteiger partial charge in [0, 0.05) is 0 Å². The predicted octanol–water partition coefficient (Wildman–Crippen LogP) is 2.96. The molecule has 0 aromatic carbocycles. The average Bonchev–Trinajstić information content (AvgIpc) is 2.61. The fourth-order valence-corrected chi connectivity index (χ4v) is 3.02. The molecule has 1 fully saturated rings. The lowest BCUT2D eigenvalue weighted by Gasteiger charge is -2.34. The van der Waals surface area contributed by atoms with E-state index in [0.29, 0.717) is 6.61 Å². The molecule has 148 valence electrons. The van der Waals surface area contributed by atoms with E-state index in [-0.39, 0.29) is 13.2 Å². The van der Waals surface area contributed by atoms with Crippen molar-refractivity contribution in [2.24, 2.45) is 0 Å². The summed E-state index contributed by atoms with van der Waals surface area (Å²) >= 11 is 0. The number of aliphatic hydroxyl groups is 3. The van der Waals surface area contributed by atoms with Crippen molar-refractivity contribution in [1.82, 2.24) is 0 Å². The van der Waals surface area contributed by atoms with E-state index in [4.69, 9.17) is 9.47 Å². The SMILES string of the molecule is CCCCCCCCCCC/C=C/COC[C@H]1OC[C@H](O)[C@@H](O)[C@@H]1O. The quantitative estimate of drug-likeness (QED) is 0.329. The zero-order chi connectivity index (χ0) is 18.3. The van der Waals surface area contributed by atoms with Gasteiger partial charge >= 0.3 is 0 Å². The summed E-state index contributed by atoms with van der Waals surface area (Å²) in [5, 5.41) is 28.7. The van der Waals surface area contributed by atoms with E-state index >= 15 is 0 Å². The minimum atomic E-state index is -1.16. The third-order valence-electron chi connectivity index (χ3n) is 4.74. The summed E-state index contributed by atoms with van der Waals surface area (Å²) in [5.41, 5.74) is 0. The van der Waals surface area contributed by atoms with Crippen molar-refractivity contribution in [1.29, 1.82) is 0 Å². The Hall–Kier alpha value is -0.460. The van der Waals surface area contributed by atoms with Crippen molar-refractivity contribution in [3.05, 3.63) is 12.2 Å². The average molecular weight is 359 g/mol. The van der Waals surface area contributed by atoms with Gasteiger partial charge < -0.3 is 24.8 Å². The van der Waals surface area contributed by atoms with Gasteiger partial charge in [-0.2, -0.15) is 0 Å². The van der Waals surface area contributed by atoms with Crippen LogP contribution in [0.1, 0.15) is 71.1 Å². The standard InChI is InChI=1S/C20H38O5/c1-2-3-4-5-6-7-8-9-10-11-12-13-14-24-16-18-20(23)19(22)17(21)15-25-18/h12-13,17-23H,2-11,14-16H2,1H3/b13-12+/t17-,18+,19+,20+/m0/s1. The van der Waals surface area contributed by atoms with Gasteiger partial charge in [-0.15, -0.1) is 0 Å². The Morgan fingerprint density at radius 1 is 0.880 bits per heavy atom. The predicted molar refractivity (Wildman–Crippen MR) is 99.6 cm³/mol. The molecule has 0 aromatic heterocycles. The van der Waals surface area contributed by atoms with E-state index < -0.39 is 24.4 Å². The monoisotopic (exact) mass is 358 g/mol. The van der Waals surface area contributed by atoms with Crippen LogP contribution in [-0.4, -0.2) is 59.6 Å². The highest BCUT2D eigenvalue weighted by atomic mass is 16.6. The molecule has 3 N–H and O–H groups in total. The number of aliphatic hydroxyl groups excluding tert-OH is 3. The first-order valence-electron chi connectivity index (χ1n) is 10.0. The molecule has 25 heavy (non-hydrogen) atoms. The first-order chi connectivity index (χ1) is 12.2. The molecule has 0 amide bonds. The molecule has 4 atom stereocenters. The maximum atomic E-state index is 9.78. The first kappa shape index (κ1) is 22.6. The highest BCUT2D eigenvalue weighted by molar-refractivity contribution is 4.87. The molecular weight excluding hydrogens is 320 g/mol. The van der Waals surface area contributed by atoms with Crippen LogP contribution in [0.25, 0.3) is 0 Å². The van der Waals surface area contributed by atoms with E-state index in [1.54, 1.807) is 0 Å². The van der Waals surface area contributed by atoms with Crippen LogP contribution in [0.5, 0.6) is 0 Å². The lowest BCUT2D eigenvalue weighted by molar-refractivity contribution is -0.198. The molecule has 0 aliphatic carbocycles. The van der Waals surface area contributed by atoms with Crippen LogP contribution in [-0.2, 0) is 9.47 Å². The van der Waals surface area contributed by atoms with Crippen LogP contribution >= 0.6 is 0 Å². The van der Waals surface area contributed by atoms with Gasteiger partial charge in [-0.3, -0.25) is 0 Å². The molecule has 1 rings (SSSR count). The molecule has 0 unspecified atom stereocenters. The van der Waals surface area contributed by atoms with Crippen LogP contribution in [0, 0.1) is 0 Å². The molecule has 1 saturated heterocycles. The number of allylic oxidation sites excluding steroid dienone is 1. The minimum absolute atomic E-state index is 0.0285. The Morgan fingerprint density at radius 3 is 2.20 bits per heavy atom. The number of rotatable bonds is 14. The smallest absolute Gasteiger partial charge is 0.111 e. The number of ether oxygens (including phenoxy) is 2. The van der Waals surface area contributed by atoms with Gasteiger partial charge in [0.2, 0.25) is 0 Å². The van der Waals surface area contributed by atoms with Crippen molar-refractivity contribution < 1.29 is 24.8 Å². The second kappa shape index (κ2) is 14.7. The Morgan fingerprint density at radius 2 is 1.52 bits per heavy atom. The van der Waals surface area contributed by atoms with Crippen molar-refractivity contribution in [2.45, 2.75) is 95.5 Å². The van der Waals surface area contributed by atoms with Gasteiger partial charge in [0.15, 0.2) is 0 Å². The Bertz CT molecular complexity index is 334. The molecular formula is C20H38O5. The van der Waals surface area contributed by atoms with E-state index in [1.165, 1.54) is 57.8 Å². The van der Waals surface area contributed by atoms with Gasteiger partial charge in [0.1, 0.15) is 24.4 Å². The summed E-state index contributed by atoms with van der Waals surface area (Å²) in [6, 6.07) is 0. The number of hydrogen-bond donors (Lipinski definition) is 3. The van der Waals surface area contributed by atoms with Gasteiger partial charge in [-0.05, 0) is 12.8 Å². The van der Waals surface area contributed by atoms with Crippen molar-refractivity contribution in [2.75, 3.05) is 19.8 Å². The molecule has 5 nitrogen and oxygen atoms in total. The van der Waals surface area contributed by atoms with Crippen LogP contribution < -0.4 is 0 Å². The largest absolute Gasteiger partial charge is 0.388 e. The fraction of sp³-hybridized carbons (Fsp3) is 0.900. The van der Waals surface area contributed by atoms with E-state index in [9.17, 15) is 15.3 Å². The summed E-state index contributed by atoms with van der Waals surface area (Å²) in [5.74, 6) is 0. The van der Waals surface area contributed by atoms with Gasteiger partial charge in [0.05, 0.1) is 19.8 Å². The molecule has 0 bridgehead atoms. The maximum absolute atomic E-state index is 9.78. The molecule has 1 heterocycles. The van der Waals surface area contributed by atoms with Gasteiger partial charge in [-0.25, -0.2) is 0 Å². The van der Waals surface area contributed by atoms with Crippen molar-refractivity contribution in [3.63, 3.8) is 0 Å². The number of unbranched alkanes of at least 4 members (excludes halogenated alkanes) is 9. The van der Waals surface area contributed by atoms with E-state index in [1.807, 2.05) is 6.08 Å². The molecule has 0 radical (unpaired) electrons. The minimum Gasteiger partial charge on any atom is -0.388 e. The topological polar surface area (TPSA) is 79.2 Å². The van der Waals surface area contributed by atoms with Crippen LogP contribution in [0.15, 0.2) is 12.2 Å². The van der Waals surface area contributed by atoms with E-state index in [2.05, 4.69) is 13.0 Å². The molecule has 0 saturated carbocycles. The highest BCUT2D eigenvalue weighted by Crippen LogP contribution is 2.16. The second-order valence-corrected chi connectivity index (χ2v) is 7.05. The van der Waals surface area contributed by atoms with Crippen LogP contribution in [0.4, 0.5) is 0 Å². The first-order valence-corrected chi connectivity index (χ1v) is 10.0. The summed E-state index contributed by atoms with van der Waals surface area (Å²) in [6.07, 6.45) is 13.4. The van der Waals surface area contributed by atoms with Crippen LogP contribution in [0.3, 0.4) is 0 Å². The summed E-state index contributed by atoms with van der Waals surface area (Å²) < 4.78 is 10.7. The third kappa shape index (κ3) is 10.3. The fourth-order valence-electron chi connectivity index (χ4n) is 3.02. The molecule has 1 aliphatic heterocycles. The summed E-state index contributed by atoms with van der Waals surface area (Å²) in [4.78, 5) is 0. The zero-order valence-electron chi connectivity index (χ0n) is 15.8. The third-order valence-corrected chi connectivity index (χ3v) is 4.74. The van der Waals surface area contributed by atoms with Gasteiger partial charge in [0.25, 0.3) is 0 Å². The molecule has 5 heteroatoms. The zero-order valence-corrected chi connectivity index (χ0v) is 15.8. The lowest BCUT2D eigenvalue weighted by Crippen LogP contribution is -2.54. The lowest BCUT2D eigenvalue weighted by atomic mass is 10.0. The summed E-state index contributed by atoms with van der Waals surface area (Å²) in [7, 11) is 0. The maximum Gasteiger partial charge on any atom is 0.111 e. The van der Waals surface area contributed by atoms with Gasteiger partial charge in [-0.1, -0.05) is 70.4 Å². The Balaban J connectivity index is 1.89. The number of hydrogen-bond acceptors (Lipinski definition) is 5. The van der Waals surface area contributed by atoms with Crippen LogP contribution in [0.2, 0.25) is 0 Å². The Kier molecular flexibility index (Phi) is 13.3. The summed E-state index contributed by atoms with van der Waals surface area (Å²) in [6.45, 7) is 2.97.